The van der Waals surface area contributed by atoms with Crippen molar-refractivity contribution in [3.05, 3.63) is 29.8 Å². The normalized spacial score (nSPS) is 20.6. The van der Waals surface area contributed by atoms with E-state index < -0.39 is 0 Å². The zero-order valence-corrected chi connectivity index (χ0v) is 8.94. The van der Waals surface area contributed by atoms with Crippen LogP contribution in [-0.2, 0) is 0 Å². The third kappa shape index (κ3) is 2.07. The molecular weight excluding hydrogens is 214 g/mol. The molecule has 1 heterocycles. The number of aromatic hydroxyl groups is 1. The molecule has 0 aliphatic carbocycles. The molecule has 1 amide bonds. The fraction of sp³-hybridized carbons (Fsp3) is 0.364. The highest BCUT2D eigenvalue weighted by molar-refractivity contribution is 6.21. The van der Waals surface area contributed by atoms with Crippen LogP contribution in [0.5, 0.6) is 5.75 Å². The summed E-state index contributed by atoms with van der Waals surface area (Å²) < 4.78 is 0. The van der Waals surface area contributed by atoms with Gasteiger partial charge in [-0.2, -0.15) is 0 Å². The van der Waals surface area contributed by atoms with Crippen molar-refractivity contribution in [1.29, 1.82) is 0 Å². The summed E-state index contributed by atoms with van der Waals surface area (Å²) in [5.74, 6) is -0.114. The maximum atomic E-state index is 11.9. The second kappa shape index (κ2) is 4.11. The number of alkyl halides is 1. The van der Waals surface area contributed by atoms with Gasteiger partial charge in [0.25, 0.3) is 5.91 Å². The first-order valence-corrected chi connectivity index (χ1v) is 5.33. The third-order valence-electron chi connectivity index (χ3n) is 2.55. The van der Waals surface area contributed by atoms with Gasteiger partial charge >= 0.3 is 0 Å². The van der Waals surface area contributed by atoms with Gasteiger partial charge in [0.2, 0.25) is 0 Å². The Kier molecular flexibility index (Phi) is 2.82. The molecule has 0 aromatic heterocycles. The molecule has 1 aliphatic rings. The number of benzene rings is 1. The molecule has 4 heteroatoms. The summed E-state index contributed by atoms with van der Waals surface area (Å²) in [4.78, 5) is 13.6. The number of halogens is 1. The molecule has 1 atom stereocenters. The lowest BCUT2D eigenvalue weighted by atomic mass is 10.2. The van der Waals surface area contributed by atoms with Crippen LogP contribution >= 0.6 is 11.6 Å². The predicted octanol–water partition coefficient (Wildman–Crippen LogP) is 1.85. The highest BCUT2D eigenvalue weighted by atomic mass is 35.5. The second-order valence-corrected chi connectivity index (χ2v) is 4.27. The molecule has 0 saturated carbocycles. The zero-order valence-electron chi connectivity index (χ0n) is 8.19. The Morgan fingerprint density at radius 2 is 2.20 bits per heavy atom. The van der Waals surface area contributed by atoms with Gasteiger partial charge in [-0.15, -0.1) is 11.6 Å². The first kappa shape index (κ1) is 10.3. The Balaban J connectivity index is 2.18. The van der Waals surface area contributed by atoms with Crippen molar-refractivity contribution in [2.45, 2.75) is 11.8 Å². The van der Waals surface area contributed by atoms with Crippen molar-refractivity contribution >= 4 is 17.5 Å². The van der Waals surface area contributed by atoms with E-state index in [9.17, 15) is 9.90 Å². The molecule has 1 fully saturated rings. The van der Waals surface area contributed by atoms with Crippen LogP contribution in [0.3, 0.4) is 0 Å². The fourth-order valence-corrected chi connectivity index (χ4v) is 1.99. The Labute approximate surface area is 93.3 Å². The smallest absolute Gasteiger partial charge is 0.257 e. The number of likely N-dealkylation sites (tertiary alicyclic amines) is 1. The lowest BCUT2D eigenvalue weighted by Gasteiger charge is -2.15. The number of amides is 1. The number of rotatable bonds is 1. The van der Waals surface area contributed by atoms with Crippen LogP contribution in [0.1, 0.15) is 16.8 Å². The Morgan fingerprint density at radius 3 is 2.80 bits per heavy atom. The van der Waals surface area contributed by atoms with Crippen LogP contribution in [0.4, 0.5) is 0 Å². The van der Waals surface area contributed by atoms with Gasteiger partial charge in [0, 0.05) is 13.1 Å². The van der Waals surface area contributed by atoms with E-state index in [-0.39, 0.29) is 17.0 Å². The zero-order chi connectivity index (χ0) is 10.8. The summed E-state index contributed by atoms with van der Waals surface area (Å²) in [6.45, 7) is 1.23. The Bertz CT molecular complexity index is 381. The summed E-state index contributed by atoms with van der Waals surface area (Å²) in [5, 5.41) is 9.57. The van der Waals surface area contributed by atoms with E-state index >= 15 is 0 Å². The molecule has 0 radical (unpaired) electrons. The summed E-state index contributed by atoms with van der Waals surface area (Å²) in [7, 11) is 0. The monoisotopic (exact) mass is 225 g/mol. The molecule has 2 rings (SSSR count). The molecule has 15 heavy (non-hydrogen) atoms. The SMILES string of the molecule is O=C(c1ccccc1O)N1CCC(Cl)C1. The molecule has 0 spiro atoms. The minimum absolute atomic E-state index is 0.0283. The molecule has 1 aliphatic heterocycles. The van der Waals surface area contributed by atoms with Gasteiger partial charge in [-0.3, -0.25) is 4.79 Å². The topological polar surface area (TPSA) is 40.5 Å². The maximum absolute atomic E-state index is 11.9. The van der Waals surface area contributed by atoms with Crippen LogP contribution in [0.25, 0.3) is 0 Å². The lowest BCUT2D eigenvalue weighted by Crippen LogP contribution is -2.28. The number of hydrogen-bond acceptors (Lipinski definition) is 2. The van der Waals surface area contributed by atoms with E-state index in [1.165, 1.54) is 6.07 Å². The largest absolute Gasteiger partial charge is 0.507 e. The van der Waals surface area contributed by atoms with Gasteiger partial charge in [0.1, 0.15) is 5.75 Å². The number of phenols is 1. The average molecular weight is 226 g/mol. The van der Waals surface area contributed by atoms with E-state index in [2.05, 4.69) is 0 Å². The Morgan fingerprint density at radius 1 is 1.47 bits per heavy atom. The van der Waals surface area contributed by atoms with Crippen LogP contribution in [-0.4, -0.2) is 34.4 Å². The molecular formula is C11H12ClNO2. The van der Waals surface area contributed by atoms with E-state index in [0.717, 1.165) is 6.42 Å². The van der Waals surface area contributed by atoms with Gasteiger partial charge in [-0.05, 0) is 18.6 Å². The molecule has 1 unspecified atom stereocenters. The quantitative estimate of drug-likeness (QED) is 0.741. The molecule has 80 valence electrons. The second-order valence-electron chi connectivity index (χ2n) is 3.65. The van der Waals surface area contributed by atoms with E-state index in [1.807, 2.05) is 0 Å². The fourth-order valence-electron chi connectivity index (χ4n) is 1.73. The number of carbonyl (C=O) groups excluding carboxylic acids is 1. The number of carbonyl (C=O) groups is 1. The van der Waals surface area contributed by atoms with Crippen molar-refractivity contribution in [2.75, 3.05) is 13.1 Å². The molecule has 3 nitrogen and oxygen atoms in total. The lowest BCUT2D eigenvalue weighted by molar-refractivity contribution is 0.0790. The number of nitrogens with zero attached hydrogens (tertiary/aromatic N) is 1. The van der Waals surface area contributed by atoms with Crippen LogP contribution in [0, 0.1) is 0 Å². The maximum Gasteiger partial charge on any atom is 0.257 e. The van der Waals surface area contributed by atoms with E-state index in [0.29, 0.717) is 18.7 Å². The molecule has 0 bridgehead atoms. The van der Waals surface area contributed by atoms with Crippen molar-refractivity contribution in [3.8, 4) is 5.75 Å². The third-order valence-corrected chi connectivity index (χ3v) is 2.91. The standard InChI is InChI=1S/C11H12ClNO2/c12-8-5-6-13(7-8)11(15)9-3-1-2-4-10(9)14/h1-4,8,14H,5-7H2. The Hall–Kier alpha value is -1.22. The average Bonchev–Trinajstić information content (AvgIpc) is 2.65. The van der Waals surface area contributed by atoms with Crippen LogP contribution in [0.15, 0.2) is 24.3 Å². The molecule has 1 aromatic rings. The van der Waals surface area contributed by atoms with Gasteiger partial charge in [-0.1, -0.05) is 12.1 Å². The summed E-state index contributed by atoms with van der Waals surface area (Å²) in [6, 6.07) is 6.57. The predicted molar refractivity (Wildman–Crippen MR) is 58.3 cm³/mol. The number of para-hydroxylation sites is 1. The number of phenolic OH excluding ortho intramolecular Hbond substituents is 1. The highest BCUT2D eigenvalue weighted by Gasteiger charge is 2.26. The molecule has 1 saturated heterocycles. The van der Waals surface area contributed by atoms with E-state index in [4.69, 9.17) is 11.6 Å². The first-order chi connectivity index (χ1) is 7.18. The molecule has 1 aromatic carbocycles. The highest BCUT2D eigenvalue weighted by Crippen LogP contribution is 2.22. The summed E-state index contributed by atoms with van der Waals surface area (Å²) >= 11 is 5.92. The van der Waals surface area contributed by atoms with Gasteiger partial charge in [0.05, 0.1) is 10.9 Å². The van der Waals surface area contributed by atoms with Crippen molar-refractivity contribution in [1.82, 2.24) is 4.90 Å². The van der Waals surface area contributed by atoms with Gasteiger partial charge in [-0.25, -0.2) is 0 Å². The molecule has 1 N–H and O–H groups in total. The van der Waals surface area contributed by atoms with Gasteiger partial charge in [0.15, 0.2) is 0 Å². The first-order valence-electron chi connectivity index (χ1n) is 4.90. The summed E-state index contributed by atoms with van der Waals surface area (Å²) in [5.41, 5.74) is 0.350. The summed E-state index contributed by atoms with van der Waals surface area (Å²) in [6.07, 6.45) is 0.820. The van der Waals surface area contributed by atoms with Crippen LogP contribution < -0.4 is 0 Å². The van der Waals surface area contributed by atoms with Crippen LogP contribution in [0.2, 0.25) is 0 Å². The minimum atomic E-state index is -0.142. The number of hydrogen-bond donors (Lipinski definition) is 1. The van der Waals surface area contributed by atoms with Crippen molar-refractivity contribution < 1.29 is 9.90 Å². The minimum Gasteiger partial charge on any atom is -0.507 e. The van der Waals surface area contributed by atoms with Crippen molar-refractivity contribution in [2.24, 2.45) is 0 Å². The van der Waals surface area contributed by atoms with E-state index in [1.54, 1.807) is 23.1 Å². The van der Waals surface area contributed by atoms with Gasteiger partial charge < -0.3 is 10.0 Å². The van der Waals surface area contributed by atoms with Crippen molar-refractivity contribution in [3.63, 3.8) is 0 Å².